The van der Waals surface area contributed by atoms with Crippen molar-refractivity contribution in [2.24, 2.45) is 0 Å². The Morgan fingerprint density at radius 3 is 2.85 bits per heavy atom. The van der Waals surface area contributed by atoms with Gasteiger partial charge in [-0.15, -0.1) is 0 Å². The lowest BCUT2D eigenvalue weighted by Gasteiger charge is -2.09. The molecule has 0 spiro atoms. The molecule has 5 nitrogen and oxygen atoms in total. The van der Waals surface area contributed by atoms with Crippen molar-refractivity contribution < 1.29 is 9.90 Å². The van der Waals surface area contributed by atoms with Crippen molar-refractivity contribution in [3.8, 4) is 0 Å². The summed E-state index contributed by atoms with van der Waals surface area (Å²) in [6.45, 7) is 0.170. The molecule has 0 fully saturated rings. The fourth-order valence-corrected chi connectivity index (χ4v) is 0.872. The second kappa shape index (κ2) is 4.04. The molecule has 0 aliphatic heterocycles. The van der Waals surface area contributed by atoms with Crippen molar-refractivity contribution in [1.29, 1.82) is 0 Å². The van der Waals surface area contributed by atoms with Crippen molar-refractivity contribution in [3.63, 3.8) is 0 Å². The summed E-state index contributed by atoms with van der Waals surface area (Å²) >= 11 is 0. The molecule has 1 N–H and O–H groups in total. The van der Waals surface area contributed by atoms with E-state index in [4.69, 9.17) is 5.11 Å². The van der Waals surface area contributed by atoms with E-state index < -0.39 is 0 Å². The van der Waals surface area contributed by atoms with Crippen molar-refractivity contribution in [2.45, 2.75) is 13.2 Å². The van der Waals surface area contributed by atoms with E-state index in [1.165, 1.54) is 11.2 Å². The molecule has 1 rings (SSSR count). The molecular formula is C8H13N3O2. The van der Waals surface area contributed by atoms with Crippen LogP contribution in [0.15, 0.2) is 12.5 Å². The maximum absolute atomic E-state index is 11.2. The summed E-state index contributed by atoms with van der Waals surface area (Å²) in [4.78, 5) is 16.6. The zero-order valence-corrected chi connectivity index (χ0v) is 7.77. The molecule has 0 saturated carbocycles. The van der Waals surface area contributed by atoms with Crippen LogP contribution in [0.3, 0.4) is 0 Å². The number of hydrogen-bond donors (Lipinski definition) is 1. The third-order valence-electron chi connectivity index (χ3n) is 1.67. The van der Waals surface area contributed by atoms with E-state index in [0.29, 0.717) is 5.69 Å². The summed E-state index contributed by atoms with van der Waals surface area (Å²) in [5.41, 5.74) is 0.576. The van der Waals surface area contributed by atoms with Crippen LogP contribution in [-0.2, 0) is 17.9 Å². The van der Waals surface area contributed by atoms with E-state index in [1.807, 2.05) is 0 Å². The van der Waals surface area contributed by atoms with E-state index in [9.17, 15) is 4.79 Å². The van der Waals surface area contributed by atoms with Crippen molar-refractivity contribution >= 4 is 5.91 Å². The van der Waals surface area contributed by atoms with Gasteiger partial charge in [-0.1, -0.05) is 0 Å². The largest absolute Gasteiger partial charge is 0.390 e. The lowest BCUT2D eigenvalue weighted by molar-refractivity contribution is -0.129. The van der Waals surface area contributed by atoms with Gasteiger partial charge in [-0.25, -0.2) is 4.98 Å². The van der Waals surface area contributed by atoms with E-state index in [-0.39, 0.29) is 19.1 Å². The van der Waals surface area contributed by atoms with Crippen LogP contribution in [0.2, 0.25) is 0 Å². The average molecular weight is 183 g/mol. The first kappa shape index (κ1) is 9.73. The Bertz CT molecular complexity index is 293. The van der Waals surface area contributed by atoms with E-state index >= 15 is 0 Å². The zero-order chi connectivity index (χ0) is 9.84. The SMILES string of the molecule is CN(C)C(=O)Cn1cnc(CO)c1. The second-order valence-electron chi connectivity index (χ2n) is 2.98. The molecule has 0 aliphatic rings. The lowest BCUT2D eigenvalue weighted by Crippen LogP contribution is -2.25. The Morgan fingerprint density at radius 1 is 1.69 bits per heavy atom. The van der Waals surface area contributed by atoms with Crippen molar-refractivity contribution in [1.82, 2.24) is 14.5 Å². The molecule has 1 aromatic heterocycles. The van der Waals surface area contributed by atoms with Crippen LogP contribution < -0.4 is 0 Å². The average Bonchev–Trinajstić information content (AvgIpc) is 2.52. The number of imidazole rings is 1. The molecule has 0 bridgehead atoms. The highest BCUT2D eigenvalue weighted by molar-refractivity contribution is 5.75. The van der Waals surface area contributed by atoms with Crippen LogP contribution in [0.1, 0.15) is 5.69 Å². The van der Waals surface area contributed by atoms with Gasteiger partial charge in [0.05, 0.1) is 18.6 Å². The number of aliphatic hydroxyl groups is 1. The van der Waals surface area contributed by atoms with Gasteiger partial charge in [0, 0.05) is 20.3 Å². The maximum atomic E-state index is 11.2. The highest BCUT2D eigenvalue weighted by Gasteiger charge is 2.05. The van der Waals surface area contributed by atoms with Crippen LogP contribution in [0.4, 0.5) is 0 Å². The number of aliphatic hydroxyl groups excluding tert-OH is 1. The molecule has 0 unspecified atom stereocenters. The predicted molar refractivity (Wildman–Crippen MR) is 46.8 cm³/mol. The fraction of sp³-hybridized carbons (Fsp3) is 0.500. The number of carbonyl (C=O) groups is 1. The third kappa shape index (κ3) is 2.55. The minimum absolute atomic E-state index is 0.00175. The maximum Gasteiger partial charge on any atom is 0.242 e. The number of rotatable bonds is 3. The van der Waals surface area contributed by atoms with E-state index in [0.717, 1.165) is 0 Å². The molecule has 72 valence electrons. The topological polar surface area (TPSA) is 58.4 Å². The van der Waals surface area contributed by atoms with E-state index in [1.54, 1.807) is 24.9 Å². The summed E-state index contributed by atoms with van der Waals surface area (Å²) in [5, 5.41) is 8.72. The quantitative estimate of drug-likeness (QED) is 0.685. The normalized spacial score (nSPS) is 10.1. The molecule has 0 atom stereocenters. The van der Waals surface area contributed by atoms with Gasteiger partial charge in [0.1, 0.15) is 6.54 Å². The first-order valence-corrected chi connectivity index (χ1v) is 3.95. The summed E-state index contributed by atoms with van der Waals surface area (Å²) < 4.78 is 1.65. The van der Waals surface area contributed by atoms with Gasteiger partial charge < -0.3 is 14.6 Å². The summed E-state index contributed by atoms with van der Waals surface area (Å²) in [6, 6.07) is 0. The van der Waals surface area contributed by atoms with Crippen LogP contribution in [0.25, 0.3) is 0 Å². The molecule has 13 heavy (non-hydrogen) atoms. The number of amides is 1. The monoisotopic (exact) mass is 183 g/mol. The van der Waals surface area contributed by atoms with Gasteiger partial charge in [-0.05, 0) is 0 Å². The number of carbonyl (C=O) groups excluding carboxylic acids is 1. The molecular weight excluding hydrogens is 170 g/mol. The number of likely N-dealkylation sites (N-methyl/N-ethyl adjacent to an activating group) is 1. The summed E-state index contributed by atoms with van der Waals surface area (Å²) in [6.07, 6.45) is 3.19. The minimum atomic E-state index is -0.0941. The predicted octanol–water partition coefficient (Wildman–Crippen LogP) is -0.536. The fourth-order valence-electron chi connectivity index (χ4n) is 0.872. The number of nitrogens with zero attached hydrogens (tertiary/aromatic N) is 3. The van der Waals surface area contributed by atoms with E-state index in [2.05, 4.69) is 4.98 Å². The van der Waals surface area contributed by atoms with Gasteiger partial charge in [0.25, 0.3) is 0 Å². The molecule has 0 aliphatic carbocycles. The van der Waals surface area contributed by atoms with Gasteiger partial charge >= 0.3 is 0 Å². The smallest absolute Gasteiger partial charge is 0.242 e. The summed E-state index contributed by atoms with van der Waals surface area (Å²) in [5.74, 6) is 0.00175. The highest BCUT2D eigenvalue weighted by atomic mass is 16.3. The van der Waals surface area contributed by atoms with Gasteiger partial charge in [-0.3, -0.25) is 4.79 Å². The standard InChI is InChI=1S/C8H13N3O2/c1-10(2)8(13)4-11-3-7(5-12)9-6-11/h3,6,12H,4-5H2,1-2H3. The van der Waals surface area contributed by atoms with Crippen LogP contribution in [0, 0.1) is 0 Å². The Labute approximate surface area is 76.6 Å². The molecule has 0 radical (unpaired) electrons. The Morgan fingerprint density at radius 2 is 2.38 bits per heavy atom. The Balaban J connectivity index is 2.59. The number of aromatic nitrogens is 2. The molecule has 0 saturated heterocycles. The molecule has 5 heteroatoms. The first-order valence-electron chi connectivity index (χ1n) is 3.95. The molecule has 1 heterocycles. The molecule has 1 amide bonds. The van der Waals surface area contributed by atoms with Crippen LogP contribution in [0.5, 0.6) is 0 Å². The van der Waals surface area contributed by atoms with Crippen LogP contribution >= 0.6 is 0 Å². The highest BCUT2D eigenvalue weighted by Crippen LogP contribution is 1.96. The molecule has 1 aromatic rings. The third-order valence-corrected chi connectivity index (χ3v) is 1.67. The van der Waals surface area contributed by atoms with Crippen molar-refractivity contribution in [2.75, 3.05) is 14.1 Å². The Hall–Kier alpha value is -1.36. The molecule has 0 aromatic carbocycles. The van der Waals surface area contributed by atoms with Gasteiger partial charge in [0.2, 0.25) is 5.91 Å². The Kier molecular flexibility index (Phi) is 3.02. The minimum Gasteiger partial charge on any atom is -0.390 e. The zero-order valence-electron chi connectivity index (χ0n) is 7.77. The second-order valence-corrected chi connectivity index (χ2v) is 2.98. The first-order chi connectivity index (χ1) is 6.13. The van der Waals surface area contributed by atoms with Gasteiger partial charge in [0.15, 0.2) is 0 Å². The van der Waals surface area contributed by atoms with Gasteiger partial charge in [-0.2, -0.15) is 0 Å². The lowest BCUT2D eigenvalue weighted by atomic mass is 10.5. The number of hydrogen-bond acceptors (Lipinski definition) is 3. The van der Waals surface area contributed by atoms with Crippen molar-refractivity contribution in [3.05, 3.63) is 18.2 Å². The van der Waals surface area contributed by atoms with Crippen LogP contribution in [-0.4, -0.2) is 39.6 Å². The summed E-state index contributed by atoms with van der Waals surface area (Å²) in [7, 11) is 3.40.